The van der Waals surface area contributed by atoms with E-state index in [1.165, 1.54) is 0 Å². The lowest BCUT2D eigenvalue weighted by Crippen LogP contribution is -2.33. The van der Waals surface area contributed by atoms with Crippen LogP contribution in [0, 0.1) is 12.7 Å². The van der Waals surface area contributed by atoms with Crippen LogP contribution in [-0.2, 0) is 6.54 Å². The molecule has 0 radical (unpaired) electrons. The number of ketones is 1. The Labute approximate surface area is 107 Å². The van der Waals surface area contributed by atoms with Gasteiger partial charge in [-0.05, 0) is 12.5 Å². The lowest BCUT2D eigenvalue weighted by molar-refractivity contribution is 0.0969. The molecule has 0 saturated heterocycles. The summed E-state index contributed by atoms with van der Waals surface area (Å²) in [7, 11) is 0. The van der Waals surface area contributed by atoms with Crippen LogP contribution in [0.25, 0.3) is 0 Å². The molecule has 0 unspecified atom stereocenters. The van der Waals surface area contributed by atoms with Gasteiger partial charge in [-0.2, -0.15) is 4.39 Å². The summed E-state index contributed by atoms with van der Waals surface area (Å²) in [5, 5.41) is 0. The molecule has 0 saturated carbocycles. The molecular formula is C13H11FN2O3. The van der Waals surface area contributed by atoms with Crippen molar-refractivity contribution in [2.75, 3.05) is 0 Å². The van der Waals surface area contributed by atoms with Crippen molar-refractivity contribution in [1.82, 2.24) is 9.55 Å². The second-order valence-electron chi connectivity index (χ2n) is 4.10. The molecule has 1 aromatic heterocycles. The number of hydrogen-bond acceptors (Lipinski definition) is 3. The molecule has 19 heavy (non-hydrogen) atoms. The highest BCUT2D eigenvalue weighted by atomic mass is 19.1. The molecule has 0 aliphatic carbocycles. The van der Waals surface area contributed by atoms with Gasteiger partial charge in [-0.3, -0.25) is 19.1 Å². The molecule has 0 amide bonds. The van der Waals surface area contributed by atoms with E-state index in [0.29, 0.717) is 5.56 Å². The number of nitrogens with one attached hydrogen (secondary N) is 1. The van der Waals surface area contributed by atoms with Crippen LogP contribution < -0.4 is 11.2 Å². The van der Waals surface area contributed by atoms with Crippen LogP contribution in [0.1, 0.15) is 15.9 Å². The zero-order chi connectivity index (χ0) is 14.0. The maximum Gasteiger partial charge on any atom is 0.328 e. The molecular weight excluding hydrogens is 251 g/mol. The van der Waals surface area contributed by atoms with Gasteiger partial charge in [-0.1, -0.05) is 24.3 Å². The van der Waals surface area contributed by atoms with Crippen LogP contribution in [-0.4, -0.2) is 15.3 Å². The molecule has 0 atom stereocenters. The highest BCUT2D eigenvalue weighted by molar-refractivity contribution is 5.97. The van der Waals surface area contributed by atoms with Gasteiger partial charge in [0.15, 0.2) is 5.78 Å². The lowest BCUT2D eigenvalue weighted by Gasteiger charge is -2.06. The Morgan fingerprint density at radius 2 is 2.00 bits per heavy atom. The van der Waals surface area contributed by atoms with Gasteiger partial charge < -0.3 is 0 Å². The predicted molar refractivity (Wildman–Crippen MR) is 66.8 cm³/mol. The Bertz CT molecular complexity index is 746. The highest BCUT2D eigenvalue weighted by Gasteiger charge is 2.11. The number of Topliss-reactive ketones (excluding diaryl/α,β-unsaturated/α-hetero) is 1. The maximum absolute atomic E-state index is 13.1. The molecule has 5 nitrogen and oxygen atoms in total. The average molecular weight is 262 g/mol. The number of aryl methyl sites for hydroxylation is 1. The lowest BCUT2D eigenvalue weighted by atomic mass is 10.1. The van der Waals surface area contributed by atoms with Gasteiger partial charge in [0.2, 0.25) is 5.82 Å². The van der Waals surface area contributed by atoms with Crippen molar-refractivity contribution in [3.63, 3.8) is 0 Å². The van der Waals surface area contributed by atoms with E-state index in [1.54, 1.807) is 36.2 Å². The van der Waals surface area contributed by atoms with Crippen LogP contribution in [0.4, 0.5) is 4.39 Å². The number of halogens is 1. The first-order valence-electron chi connectivity index (χ1n) is 5.57. The predicted octanol–water partition coefficient (Wildman–Crippen LogP) is 0.867. The number of hydrogen-bond donors (Lipinski definition) is 1. The maximum atomic E-state index is 13.1. The molecule has 0 fully saturated rings. The first-order valence-corrected chi connectivity index (χ1v) is 5.57. The molecule has 1 N–H and O–H groups in total. The Morgan fingerprint density at radius 3 is 2.68 bits per heavy atom. The molecule has 0 bridgehead atoms. The second kappa shape index (κ2) is 5.01. The third-order valence-corrected chi connectivity index (χ3v) is 2.73. The van der Waals surface area contributed by atoms with Gasteiger partial charge in [-0.25, -0.2) is 4.79 Å². The van der Waals surface area contributed by atoms with E-state index in [-0.39, 0.29) is 12.3 Å². The van der Waals surface area contributed by atoms with Crippen molar-refractivity contribution in [2.24, 2.45) is 0 Å². The number of H-pyrrole nitrogens is 1. The monoisotopic (exact) mass is 262 g/mol. The van der Waals surface area contributed by atoms with Crippen molar-refractivity contribution in [2.45, 2.75) is 13.5 Å². The van der Waals surface area contributed by atoms with E-state index < -0.39 is 17.1 Å². The quantitative estimate of drug-likeness (QED) is 0.834. The molecule has 2 rings (SSSR count). The number of aromatic nitrogens is 2. The van der Waals surface area contributed by atoms with Crippen molar-refractivity contribution in [3.05, 3.63) is 68.2 Å². The second-order valence-corrected chi connectivity index (χ2v) is 4.10. The third kappa shape index (κ3) is 2.67. The Kier molecular flexibility index (Phi) is 3.41. The standard InChI is InChI=1S/C13H11FN2O3/c1-8-4-2-3-5-9(8)11(17)7-16-6-10(14)12(18)15-13(16)19/h2-6H,7H2,1H3,(H,15,18,19). The number of rotatable bonds is 3. The van der Waals surface area contributed by atoms with E-state index in [0.717, 1.165) is 16.3 Å². The fourth-order valence-corrected chi connectivity index (χ4v) is 1.73. The van der Waals surface area contributed by atoms with Crippen LogP contribution in [0.2, 0.25) is 0 Å². The Hall–Kier alpha value is -2.50. The SMILES string of the molecule is Cc1ccccc1C(=O)Cn1cc(F)c(=O)[nH]c1=O. The summed E-state index contributed by atoms with van der Waals surface area (Å²) in [4.78, 5) is 36.1. The minimum absolute atomic E-state index is 0.322. The molecule has 0 aliphatic heterocycles. The number of carbonyl (C=O) groups is 1. The zero-order valence-corrected chi connectivity index (χ0v) is 10.1. The van der Waals surface area contributed by atoms with Gasteiger partial charge in [0.05, 0.1) is 12.7 Å². The molecule has 98 valence electrons. The highest BCUT2D eigenvalue weighted by Crippen LogP contribution is 2.08. The van der Waals surface area contributed by atoms with Gasteiger partial charge >= 0.3 is 5.69 Å². The zero-order valence-electron chi connectivity index (χ0n) is 10.1. The van der Waals surface area contributed by atoms with Crippen molar-refractivity contribution in [3.8, 4) is 0 Å². The minimum atomic E-state index is -1.10. The van der Waals surface area contributed by atoms with Crippen molar-refractivity contribution in [1.29, 1.82) is 0 Å². The summed E-state index contributed by atoms with van der Waals surface area (Å²) in [6.07, 6.45) is 0.733. The van der Waals surface area contributed by atoms with Crippen LogP contribution in [0.15, 0.2) is 40.1 Å². The fourth-order valence-electron chi connectivity index (χ4n) is 1.73. The van der Waals surface area contributed by atoms with Gasteiger partial charge in [0, 0.05) is 5.56 Å². The van der Waals surface area contributed by atoms with Crippen LogP contribution in [0.5, 0.6) is 0 Å². The fraction of sp³-hybridized carbons (Fsp3) is 0.154. The first-order chi connectivity index (χ1) is 8.99. The van der Waals surface area contributed by atoms with E-state index >= 15 is 0 Å². The van der Waals surface area contributed by atoms with Crippen LogP contribution >= 0.6 is 0 Å². The molecule has 1 aromatic carbocycles. The van der Waals surface area contributed by atoms with Gasteiger partial charge in [0.25, 0.3) is 5.56 Å². The minimum Gasteiger partial charge on any atom is -0.292 e. The molecule has 0 aliphatic rings. The van der Waals surface area contributed by atoms with Gasteiger partial charge in [0.1, 0.15) is 0 Å². The number of carbonyl (C=O) groups excluding carboxylic acids is 1. The van der Waals surface area contributed by atoms with Crippen molar-refractivity contribution < 1.29 is 9.18 Å². The smallest absolute Gasteiger partial charge is 0.292 e. The summed E-state index contributed by atoms with van der Waals surface area (Å²) in [6.45, 7) is 1.45. The first kappa shape index (κ1) is 12.9. The molecule has 0 spiro atoms. The molecule has 1 heterocycles. The summed E-state index contributed by atoms with van der Waals surface area (Å²) in [6, 6.07) is 6.89. The topological polar surface area (TPSA) is 71.9 Å². The largest absolute Gasteiger partial charge is 0.328 e. The molecule has 2 aromatic rings. The third-order valence-electron chi connectivity index (χ3n) is 2.73. The van der Waals surface area contributed by atoms with E-state index in [4.69, 9.17) is 0 Å². The summed E-state index contributed by atoms with van der Waals surface area (Å²) < 4.78 is 13.9. The van der Waals surface area contributed by atoms with Crippen molar-refractivity contribution >= 4 is 5.78 Å². The van der Waals surface area contributed by atoms with Crippen LogP contribution in [0.3, 0.4) is 0 Å². The number of benzene rings is 1. The Morgan fingerprint density at radius 1 is 1.32 bits per heavy atom. The van der Waals surface area contributed by atoms with Gasteiger partial charge in [-0.15, -0.1) is 0 Å². The Balaban J connectivity index is 2.35. The van der Waals surface area contributed by atoms with E-state index in [2.05, 4.69) is 0 Å². The number of nitrogens with zero attached hydrogens (tertiary/aromatic N) is 1. The average Bonchev–Trinajstić information content (AvgIpc) is 2.36. The van der Waals surface area contributed by atoms with E-state index in [1.807, 2.05) is 0 Å². The normalized spacial score (nSPS) is 10.4. The van der Waals surface area contributed by atoms with E-state index in [9.17, 15) is 18.8 Å². The molecule has 6 heteroatoms. The summed E-state index contributed by atoms with van der Waals surface area (Å²) in [5.74, 6) is -1.43. The summed E-state index contributed by atoms with van der Waals surface area (Å²) in [5.41, 5.74) is -0.677. The summed E-state index contributed by atoms with van der Waals surface area (Å²) >= 11 is 0. The number of aromatic amines is 1.